The highest BCUT2D eigenvalue weighted by Crippen LogP contribution is 2.36. The molecule has 0 fully saturated rings. The number of fused-ring (bicyclic) bond motifs is 1. The van der Waals surface area contributed by atoms with E-state index in [-0.39, 0.29) is 24.3 Å². The summed E-state index contributed by atoms with van der Waals surface area (Å²) in [7, 11) is 1.27. The number of hydrogen-bond donors (Lipinski definition) is 0. The van der Waals surface area contributed by atoms with Crippen LogP contribution in [-0.2, 0) is 19.1 Å². The van der Waals surface area contributed by atoms with Gasteiger partial charge in [0.1, 0.15) is 12.4 Å². The summed E-state index contributed by atoms with van der Waals surface area (Å²) in [5.41, 5.74) is 1.56. The van der Waals surface area contributed by atoms with Crippen molar-refractivity contribution in [1.29, 1.82) is 0 Å². The molecule has 12 heteroatoms. The minimum Gasteiger partial charge on any atom is -0.490 e. The molecule has 1 aromatic heterocycles. The van der Waals surface area contributed by atoms with E-state index in [1.165, 1.54) is 23.0 Å². The Morgan fingerprint density at radius 2 is 1.84 bits per heavy atom. The third-order valence-corrected chi connectivity index (χ3v) is 7.76. The van der Waals surface area contributed by atoms with Gasteiger partial charge in [-0.05, 0) is 62.7 Å². The molecule has 2 aromatic carbocycles. The number of nitrogens with zero attached hydrogens (tertiary/aromatic N) is 2. The van der Waals surface area contributed by atoms with E-state index < -0.39 is 18.0 Å². The van der Waals surface area contributed by atoms with E-state index >= 15 is 0 Å². The first-order chi connectivity index (χ1) is 20.7. The highest BCUT2D eigenvalue weighted by molar-refractivity contribution is 9.10. The third-order valence-electron chi connectivity index (χ3n) is 6.29. The lowest BCUT2D eigenvalue weighted by atomic mass is 9.95. The molecular weight excluding hydrogens is 640 g/mol. The highest BCUT2D eigenvalue weighted by Gasteiger charge is 2.34. The van der Waals surface area contributed by atoms with E-state index in [2.05, 4.69) is 32.2 Å². The first kappa shape index (κ1) is 31.8. The number of carbonyl (C=O) groups is 2. The summed E-state index contributed by atoms with van der Waals surface area (Å²) in [5, 5.41) is 0. The van der Waals surface area contributed by atoms with Gasteiger partial charge in [-0.25, -0.2) is 14.6 Å². The number of allylic oxidation sites excluding steroid dienone is 1. The van der Waals surface area contributed by atoms with Crippen LogP contribution in [0.5, 0.6) is 17.2 Å². The number of esters is 2. The van der Waals surface area contributed by atoms with E-state index in [1.54, 1.807) is 50.3 Å². The molecule has 2 heterocycles. The number of rotatable bonds is 12. The monoisotopic (exact) mass is 670 g/mol. The van der Waals surface area contributed by atoms with Crippen molar-refractivity contribution in [2.45, 2.75) is 26.8 Å². The van der Waals surface area contributed by atoms with Crippen LogP contribution in [0.2, 0.25) is 0 Å². The molecule has 10 nitrogen and oxygen atoms in total. The van der Waals surface area contributed by atoms with Crippen molar-refractivity contribution < 1.29 is 33.3 Å². The third kappa shape index (κ3) is 7.08. The summed E-state index contributed by atoms with van der Waals surface area (Å²) in [4.78, 5) is 44.1. The number of hydrogen-bond acceptors (Lipinski definition) is 10. The molecule has 226 valence electrons. The Labute approximate surface area is 260 Å². The van der Waals surface area contributed by atoms with Crippen LogP contribution in [0.15, 0.2) is 74.6 Å². The predicted molar refractivity (Wildman–Crippen MR) is 165 cm³/mol. The Balaban J connectivity index is 1.91. The molecule has 0 amide bonds. The Kier molecular flexibility index (Phi) is 10.6. The molecule has 0 spiro atoms. The lowest BCUT2D eigenvalue weighted by Crippen LogP contribution is -2.40. The van der Waals surface area contributed by atoms with Gasteiger partial charge in [0.2, 0.25) is 0 Å². The fraction of sp³-hybridized carbons (Fsp3) is 0.290. The van der Waals surface area contributed by atoms with Crippen LogP contribution in [0.3, 0.4) is 0 Å². The quantitative estimate of drug-likeness (QED) is 0.209. The van der Waals surface area contributed by atoms with Crippen LogP contribution in [0.25, 0.3) is 6.08 Å². The van der Waals surface area contributed by atoms with Gasteiger partial charge in [-0.3, -0.25) is 9.36 Å². The van der Waals surface area contributed by atoms with E-state index in [1.807, 2.05) is 19.1 Å². The first-order valence-electron chi connectivity index (χ1n) is 13.4. The maximum atomic E-state index is 14.1. The smallest absolute Gasteiger partial charge is 0.343 e. The van der Waals surface area contributed by atoms with Crippen molar-refractivity contribution >= 4 is 45.3 Å². The van der Waals surface area contributed by atoms with Crippen LogP contribution < -0.4 is 29.1 Å². The number of carbonyl (C=O) groups excluding carboxylic acids is 2. The Hall–Kier alpha value is -4.16. The van der Waals surface area contributed by atoms with Crippen molar-refractivity contribution in [2.75, 3.05) is 33.5 Å². The van der Waals surface area contributed by atoms with Crippen LogP contribution >= 0.6 is 27.3 Å². The summed E-state index contributed by atoms with van der Waals surface area (Å²) < 4.78 is 30.0. The zero-order valence-corrected chi connectivity index (χ0v) is 26.6. The molecular formula is C31H31BrN2O8S. The number of benzene rings is 2. The number of halogens is 1. The molecule has 43 heavy (non-hydrogen) atoms. The van der Waals surface area contributed by atoms with Crippen LogP contribution in [-0.4, -0.2) is 50.0 Å². The number of aromatic nitrogens is 1. The number of thiazole rings is 1. The minimum absolute atomic E-state index is 0.146. The van der Waals surface area contributed by atoms with E-state index in [0.29, 0.717) is 56.6 Å². The molecule has 0 unspecified atom stereocenters. The molecule has 1 aliphatic heterocycles. The standard InChI is InChI=1S/C31H31BrN2O8S/c1-6-13-41-22-12-10-21(32)14-20(22)16-25-29(36)34-28(27(30(37)40-8-3)18(4)33-31(34)43-25)19-9-11-23(24(15-19)39-7-2)42-17-26(35)38-5/h6,9-12,14-16,28H,1,7-8,13,17H2,2-5H3/b25-16+/t28-/m1/s1. The van der Waals surface area contributed by atoms with Gasteiger partial charge < -0.3 is 23.7 Å². The molecule has 4 rings (SSSR count). The van der Waals surface area contributed by atoms with Crippen LogP contribution in [0, 0.1) is 0 Å². The average molecular weight is 672 g/mol. The second-order valence-electron chi connectivity index (χ2n) is 9.09. The maximum Gasteiger partial charge on any atom is 0.343 e. The Morgan fingerprint density at radius 3 is 2.53 bits per heavy atom. The van der Waals surface area contributed by atoms with Crippen molar-refractivity contribution in [3.63, 3.8) is 0 Å². The number of methoxy groups -OCH3 is 1. The molecule has 0 N–H and O–H groups in total. The van der Waals surface area contributed by atoms with Crippen LogP contribution in [0.1, 0.15) is 37.9 Å². The summed E-state index contributed by atoms with van der Waals surface area (Å²) in [6.07, 6.45) is 3.38. The predicted octanol–water partition coefficient (Wildman–Crippen LogP) is 4.08. The second kappa shape index (κ2) is 14.3. The number of ether oxygens (including phenoxy) is 5. The second-order valence-corrected chi connectivity index (χ2v) is 11.0. The zero-order valence-electron chi connectivity index (χ0n) is 24.2. The Bertz CT molecular complexity index is 1760. The largest absolute Gasteiger partial charge is 0.490 e. The molecule has 0 radical (unpaired) electrons. The van der Waals surface area contributed by atoms with Gasteiger partial charge in [0.15, 0.2) is 22.9 Å². The van der Waals surface area contributed by atoms with Crippen molar-refractivity contribution in [2.24, 2.45) is 4.99 Å². The Morgan fingerprint density at radius 1 is 1.07 bits per heavy atom. The van der Waals surface area contributed by atoms with E-state index in [0.717, 1.165) is 4.47 Å². The van der Waals surface area contributed by atoms with Gasteiger partial charge in [0, 0.05) is 10.0 Å². The van der Waals surface area contributed by atoms with E-state index in [9.17, 15) is 14.4 Å². The summed E-state index contributed by atoms with van der Waals surface area (Å²) in [5.74, 6) is 0.0905. The van der Waals surface area contributed by atoms with E-state index in [4.69, 9.17) is 18.9 Å². The first-order valence-corrected chi connectivity index (χ1v) is 15.0. The molecule has 0 aliphatic carbocycles. The van der Waals surface area contributed by atoms with Gasteiger partial charge in [-0.2, -0.15) is 0 Å². The fourth-order valence-electron chi connectivity index (χ4n) is 4.44. The fourth-order valence-corrected chi connectivity index (χ4v) is 5.85. The summed E-state index contributed by atoms with van der Waals surface area (Å²) >= 11 is 4.69. The lowest BCUT2D eigenvalue weighted by molar-refractivity contribution is -0.143. The van der Waals surface area contributed by atoms with Gasteiger partial charge in [-0.15, -0.1) is 0 Å². The van der Waals surface area contributed by atoms with Gasteiger partial charge in [-0.1, -0.05) is 46.0 Å². The van der Waals surface area contributed by atoms with Gasteiger partial charge in [0.25, 0.3) is 5.56 Å². The zero-order chi connectivity index (χ0) is 31.1. The van der Waals surface area contributed by atoms with Gasteiger partial charge >= 0.3 is 11.9 Å². The molecule has 0 saturated heterocycles. The average Bonchev–Trinajstić information content (AvgIpc) is 3.29. The molecule has 1 aliphatic rings. The normalized spacial score (nSPS) is 14.4. The van der Waals surface area contributed by atoms with Gasteiger partial charge in [0.05, 0.1) is 42.2 Å². The van der Waals surface area contributed by atoms with Crippen molar-refractivity contribution in [3.8, 4) is 17.2 Å². The molecule has 1 atom stereocenters. The molecule has 3 aromatic rings. The van der Waals surface area contributed by atoms with Crippen LogP contribution in [0.4, 0.5) is 0 Å². The topological polar surface area (TPSA) is 115 Å². The SMILES string of the molecule is C=CCOc1ccc(Br)cc1/C=c1/sc2n(c1=O)[C@H](c1ccc(OCC(=O)OC)c(OCC)c1)C(C(=O)OCC)=C(C)N=2. The van der Waals surface area contributed by atoms with Crippen molar-refractivity contribution in [3.05, 3.63) is 95.6 Å². The molecule has 0 bridgehead atoms. The lowest BCUT2D eigenvalue weighted by Gasteiger charge is -2.25. The maximum absolute atomic E-state index is 14.1. The molecule has 0 saturated carbocycles. The summed E-state index contributed by atoms with van der Waals surface area (Å²) in [6.45, 7) is 9.37. The highest BCUT2D eigenvalue weighted by atomic mass is 79.9. The minimum atomic E-state index is -0.870. The van der Waals surface area contributed by atoms with Crippen molar-refractivity contribution in [1.82, 2.24) is 4.57 Å². The summed E-state index contributed by atoms with van der Waals surface area (Å²) in [6, 6.07) is 9.66.